The minimum absolute atomic E-state index is 0.0338. The van der Waals surface area contributed by atoms with E-state index < -0.39 is 17.9 Å². The topological polar surface area (TPSA) is 133 Å². The van der Waals surface area contributed by atoms with Crippen LogP contribution in [0.25, 0.3) is 10.9 Å². The summed E-state index contributed by atoms with van der Waals surface area (Å²) in [5.74, 6) is -1.46. The number of hydrogen-bond acceptors (Lipinski definition) is 6. The molecule has 0 radical (unpaired) electrons. The van der Waals surface area contributed by atoms with Gasteiger partial charge >= 0.3 is 5.97 Å². The van der Waals surface area contributed by atoms with E-state index in [9.17, 15) is 14.4 Å². The number of benzene rings is 1. The maximum absolute atomic E-state index is 13.5. The van der Waals surface area contributed by atoms with Crippen LogP contribution in [0, 0.1) is 5.92 Å². The van der Waals surface area contributed by atoms with Crippen LogP contribution in [0.2, 0.25) is 5.02 Å². The molecule has 4 rings (SSSR count). The molecule has 3 heterocycles. The van der Waals surface area contributed by atoms with Gasteiger partial charge in [-0.25, -0.2) is 0 Å². The summed E-state index contributed by atoms with van der Waals surface area (Å²) in [5.41, 5.74) is 7.34. The number of nitrogens with one attached hydrogen (secondary N) is 2. The maximum Gasteiger partial charge on any atom is 0.317 e. The number of esters is 1. The largest absolute Gasteiger partial charge is 0.468 e. The molecule has 2 aliphatic rings. The molecule has 0 spiro atoms. The number of hydrogen-bond donors (Lipinski definition) is 3. The number of aliphatic imine (C=N–C) groups is 1. The summed E-state index contributed by atoms with van der Waals surface area (Å²) in [6.07, 6.45) is 5.73. The molecule has 2 saturated heterocycles. The Morgan fingerprint density at radius 1 is 1.25 bits per heavy atom. The SMILES string of the molecule is COC(=O)C(CN)C(=N[C@H]1CCCCN(CC(=O)N2CCCC2)C1=O)Nc1cccc2c(Cl)c[nH]c12. The zero-order chi connectivity index (χ0) is 25.7. The van der Waals surface area contributed by atoms with Crippen LogP contribution in [0.1, 0.15) is 32.1 Å². The molecule has 1 aromatic heterocycles. The van der Waals surface area contributed by atoms with Crippen molar-refractivity contribution in [3.8, 4) is 0 Å². The number of likely N-dealkylation sites (tertiary alicyclic amines) is 2. The highest BCUT2D eigenvalue weighted by atomic mass is 35.5. The third-order valence-corrected chi connectivity index (χ3v) is 7.12. The molecular weight excluding hydrogens is 484 g/mol. The second kappa shape index (κ2) is 11.7. The van der Waals surface area contributed by atoms with Crippen LogP contribution >= 0.6 is 11.6 Å². The zero-order valence-electron chi connectivity index (χ0n) is 20.5. The summed E-state index contributed by atoms with van der Waals surface area (Å²) in [7, 11) is 1.29. The smallest absolute Gasteiger partial charge is 0.317 e. The molecule has 0 saturated carbocycles. The highest BCUT2D eigenvalue weighted by Gasteiger charge is 2.32. The first-order valence-electron chi connectivity index (χ1n) is 12.4. The van der Waals surface area contributed by atoms with Crippen molar-refractivity contribution >= 4 is 51.8 Å². The number of amidine groups is 1. The first-order valence-corrected chi connectivity index (χ1v) is 12.8. The number of fused-ring (bicyclic) bond motifs is 1. The molecule has 0 aliphatic carbocycles. The first-order chi connectivity index (χ1) is 17.4. The Kier molecular flexibility index (Phi) is 8.48. The molecule has 0 bridgehead atoms. The van der Waals surface area contributed by atoms with Crippen LogP contribution < -0.4 is 11.1 Å². The third kappa shape index (κ3) is 5.65. The molecule has 4 N–H and O–H groups in total. The number of nitrogens with two attached hydrogens (primary N) is 1. The normalized spacial score (nSPS) is 19.9. The van der Waals surface area contributed by atoms with E-state index in [-0.39, 0.29) is 30.7 Å². The van der Waals surface area contributed by atoms with Gasteiger partial charge in [-0.05, 0) is 38.2 Å². The monoisotopic (exact) mass is 516 g/mol. The number of para-hydroxylation sites is 1. The second-order valence-corrected chi connectivity index (χ2v) is 9.58. The summed E-state index contributed by atoms with van der Waals surface area (Å²) in [6, 6.07) is 4.79. The number of rotatable bonds is 7. The number of amides is 2. The average Bonchev–Trinajstić information content (AvgIpc) is 3.52. The van der Waals surface area contributed by atoms with Crippen molar-refractivity contribution in [2.24, 2.45) is 16.6 Å². The Morgan fingerprint density at radius 3 is 2.72 bits per heavy atom. The molecule has 194 valence electrons. The highest BCUT2D eigenvalue weighted by molar-refractivity contribution is 6.36. The Hall–Kier alpha value is -3.11. The molecule has 11 heteroatoms. The Morgan fingerprint density at radius 2 is 2.00 bits per heavy atom. The molecule has 2 amide bonds. The Bertz CT molecular complexity index is 1140. The summed E-state index contributed by atoms with van der Waals surface area (Å²) in [4.78, 5) is 50.1. The van der Waals surface area contributed by atoms with Gasteiger partial charge in [-0.15, -0.1) is 0 Å². The van der Waals surface area contributed by atoms with Crippen molar-refractivity contribution in [1.29, 1.82) is 0 Å². The minimum atomic E-state index is -0.897. The number of nitrogens with zero attached hydrogens (tertiary/aromatic N) is 3. The number of carbonyl (C=O) groups excluding carboxylic acids is 3. The van der Waals surface area contributed by atoms with E-state index in [1.54, 1.807) is 11.1 Å². The molecule has 10 nitrogen and oxygen atoms in total. The summed E-state index contributed by atoms with van der Waals surface area (Å²) in [6.45, 7) is 1.97. The predicted octanol–water partition coefficient (Wildman–Crippen LogP) is 2.38. The lowest BCUT2D eigenvalue weighted by atomic mass is 10.1. The minimum Gasteiger partial charge on any atom is -0.468 e. The first kappa shape index (κ1) is 26.0. The maximum atomic E-state index is 13.5. The van der Waals surface area contributed by atoms with Gasteiger partial charge in [0.2, 0.25) is 11.8 Å². The van der Waals surface area contributed by atoms with Gasteiger partial charge in [-0.3, -0.25) is 19.4 Å². The average molecular weight is 517 g/mol. The lowest BCUT2D eigenvalue weighted by molar-refractivity contribution is -0.142. The number of H-pyrrole nitrogens is 1. The Balaban J connectivity index is 1.63. The van der Waals surface area contributed by atoms with Crippen molar-refractivity contribution in [3.63, 3.8) is 0 Å². The zero-order valence-corrected chi connectivity index (χ0v) is 21.2. The third-order valence-electron chi connectivity index (χ3n) is 6.81. The van der Waals surface area contributed by atoms with E-state index in [0.717, 1.165) is 49.7 Å². The fourth-order valence-corrected chi connectivity index (χ4v) is 5.00. The number of ether oxygens (including phenoxy) is 1. The van der Waals surface area contributed by atoms with Crippen LogP contribution in [-0.2, 0) is 19.1 Å². The van der Waals surface area contributed by atoms with Crippen LogP contribution in [0.3, 0.4) is 0 Å². The molecule has 2 fully saturated rings. The molecule has 1 unspecified atom stereocenters. The molecule has 2 aromatic rings. The predicted molar refractivity (Wildman–Crippen MR) is 139 cm³/mol. The lowest BCUT2D eigenvalue weighted by Crippen LogP contribution is -2.45. The lowest BCUT2D eigenvalue weighted by Gasteiger charge is -2.26. The number of anilines is 1. The van der Waals surface area contributed by atoms with E-state index in [0.29, 0.717) is 23.7 Å². The summed E-state index contributed by atoms with van der Waals surface area (Å²) < 4.78 is 4.97. The van der Waals surface area contributed by atoms with Gasteiger partial charge in [0.25, 0.3) is 0 Å². The summed E-state index contributed by atoms with van der Waals surface area (Å²) in [5, 5.41) is 4.59. The summed E-state index contributed by atoms with van der Waals surface area (Å²) >= 11 is 6.28. The van der Waals surface area contributed by atoms with Gasteiger partial charge in [-0.1, -0.05) is 23.7 Å². The molecule has 36 heavy (non-hydrogen) atoms. The molecular formula is C25H33ClN6O4. The highest BCUT2D eigenvalue weighted by Crippen LogP contribution is 2.29. The number of aromatic nitrogens is 1. The van der Waals surface area contributed by atoms with Crippen molar-refractivity contribution in [1.82, 2.24) is 14.8 Å². The number of halogens is 1. The van der Waals surface area contributed by atoms with E-state index in [2.05, 4.69) is 10.3 Å². The van der Waals surface area contributed by atoms with Crippen molar-refractivity contribution in [2.75, 3.05) is 45.2 Å². The van der Waals surface area contributed by atoms with Crippen LogP contribution in [0.4, 0.5) is 5.69 Å². The van der Waals surface area contributed by atoms with Crippen molar-refractivity contribution < 1.29 is 19.1 Å². The fourth-order valence-electron chi connectivity index (χ4n) is 4.79. The van der Waals surface area contributed by atoms with Gasteiger partial charge < -0.3 is 30.6 Å². The van der Waals surface area contributed by atoms with E-state index >= 15 is 0 Å². The van der Waals surface area contributed by atoms with E-state index in [4.69, 9.17) is 27.1 Å². The number of carbonyl (C=O) groups is 3. The second-order valence-electron chi connectivity index (χ2n) is 9.17. The van der Waals surface area contributed by atoms with Gasteiger partial charge in [-0.2, -0.15) is 0 Å². The van der Waals surface area contributed by atoms with Gasteiger partial charge in [0, 0.05) is 37.8 Å². The quantitative estimate of drug-likeness (QED) is 0.294. The van der Waals surface area contributed by atoms with Gasteiger partial charge in [0.15, 0.2) is 0 Å². The number of methoxy groups -OCH3 is 1. The van der Waals surface area contributed by atoms with Crippen LogP contribution in [0.15, 0.2) is 29.4 Å². The Labute approximate surface area is 215 Å². The standard InChI is InChI=1S/C25H33ClN6O4/c1-36-25(35)17(13-27)23(29-19-9-6-7-16-18(26)14-28-22(16)19)30-20-8-2-3-12-32(24(20)34)15-21(33)31-10-4-5-11-31/h6-7,9,14,17,20,28H,2-5,8,10-13,15,27H2,1H3,(H,29,30)/t17?,20-/m0/s1. The number of aromatic amines is 1. The molecule has 2 aliphatic heterocycles. The van der Waals surface area contributed by atoms with Gasteiger partial charge in [0.1, 0.15) is 17.8 Å². The molecule has 1 aromatic carbocycles. The van der Waals surface area contributed by atoms with E-state index in [1.807, 2.05) is 23.1 Å². The van der Waals surface area contributed by atoms with Crippen LogP contribution in [-0.4, -0.2) is 84.3 Å². The molecule has 2 atom stereocenters. The van der Waals surface area contributed by atoms with Crippen molar-refractivity contribution in [2.45, 2.75) is 38.1 Å². The van der Waals surface area contributed by atoms with Crippen LogP contribution in [0.5, 0.6) is 0 Å². The fraction of sp³-hybridized carbons (Fsp3) is 0.520. The van der Waals surface area contributed by atoms with Gasteiger partial charge in [0.05, 0.1) is 29.9 Å². The van der Waals surface area contributed by atoms with E-state index in [1.165, 1.54) is 7.11 Å². The van der Waals surface area contributed by atoms with Crippen molar-refractivity contribution in [3.05, 3.63) is 29.4 Å².